The van der Waals surface area contributed by atoms with Gasteiger partial charge in [-0.2, -0.15) is 0 Å². The molecule has 0 aliphatic heterocycles. The number of anilines is 2. The number of amides is 2. The third-order valence-corrected chi connectivity index (χ3v) is 3.12. The van der Waals surface area contributed by atoms with Gasteiger partial charge in [0.1, 0.15) is 11.6 Å². The van der Waals surface area contributed by atoms with Crippen LogP contribution in [0.15, 0.2) is 42.5 Å². The normalized spacial score (nSPS) is 10.2. The number of hydrogen-bond acceptors (Lipinski definition) is 3. The quantitative estimate of drug-likeness (QED) is 0.884. The molecule has 2 rings (SSSR count). The predicted octanol–water partition coefficient (Wildman–Crippen LogP) is 2.72. The highest BCUT2D eigenvalue weighted by Gasteiger charge is 2.09. The zero-order valence-electron chi connectivity index (χ0n) is 13.3. The second kappa shape index (κ2) is 7.54. The zero-order valence-corrected chi connectivity index (χ0v) is 13.3. The number of rotatable bonds is 5. The number of benzene rings is 2. The van der Waals surface area contributed by atoms with Crippen LogP contribution in [0.3, 0.4) is 0 Å². The summed E-state index contributed by atoms with van der Waals surface area (Å²) in [4.78, 5) is 25.2. The van der Waals surface area contributed by atoms with Crippen molar-refractivity contribution >= 4 is 23.2 Å². The van der Waals surface area contributed by atoms with E-state index in [4.69, 9.17) is 0 Å². The Balaban J connectivity index is 1.96. The molecule has 0 fully saturated rings. The Morgan fingerprint density at radius 1 is 1.00 bits per heavy atom. The second-order valence-electron chi connectivity index (χ2n) is 5.34. The van der Waals surface area contributed by atoms with Gasteiger partial charge in [0.25, 0.3) is 5.91 Å². The summed E-state index contributed by atoms with van der Waals surface area (Å²) in [6.07, 6.45) is 0. The van der Waals surface area contributed by atoms with Crippen LogP contribution in [0.25, 0.3) is 0 Å². The SMILES string of the molecule is CN(C)C(=O)c1cccc(NCC(=O)Nc2cc(F)cc(F)c2)c1. The van der Waals surface area contributed by atoms with E-state index in [1.807, 2.05) is 0 Å². The maximum absolute atomic E-state index is 13.1. The van der Waals surface area contributed by atoms with E-state index < -0.39 is 17.5 Å². The Labute approximate surface area is 138 Å². The first-order valence-corrected chi connectivity index (χ1v) is 7.16. The van der Waals surface area contributed by atoms with E-state index in [1.165, 1.54) is 4.90 Å². The van der Waals surface area contributed by atoms with Crippen molar-refractivity contribution in [1.29, 1.82) is 0 Å². The number of carbonyl (C=O) groups excluding carboxylic acids is 2. The van der Waals surface area contributed by atoms with E-state index in [-0.39, 0.29) is 18.1 Å². The molecule has 126 valence electrons. The summed E-state index contributed by atoms with van der Waals surface area (Å²) >= 11 is 0. The maximum atomic E-state index is 13.1. The highest BCUT2D eigenvalue weighted by molar-refractivity contribution is 5.96. The molecule has 0 radical (unpaired) electrons. The number of nitrogens with one attached hydrogen (secondary N) is 2. The van der Waals surface area contributed by atoms with Gasteiger partial charge in [-0.1, -0.05) is 6.07 Å². The molecule has 0 unspecified atom stereocenters. The first-order valence-electron chi connectivity index (χ1n) is 7.16. The van der Waals surface area contributed by atoms with E-state index >= 15 is 0 Å². The molecule has 0 aromatic heterocycles. The highest BCUT2D eigenvalue weighted by atomic mass is 19.1. The Morgan fingerprint density at radius 3 is 2.29 bits per heavy atom. The molecule has 0 spiro atoms. The van der Waals surface area contributed by atoms with Crippen LogP contribution in [-0.4, -0.2) is 37.4 Å². The van der Waals surface area contributed by atoms with E-state index in [1.54, 1.807) is 38.4 Å². The Kier molecular flexibility index (Phi) is 5.47. The third-order valence-electron chi connectivity index (χ3n) is 3.12. The van der Waals surface area contributed by atoms with Gasteiger partial charge in [0.05, 0.1) is 6.54 Å². The summed E-state index contributed by atoms with van der Waals surface area (Å²) < 4.78 is 26.1. The smallest absolute Gasteiger partial charge is 0.253 e. The largest absolute Gasteiger partial charge is 0.376 e. The molecule has 2 aromatic rings. The van der Waals surface area contributed by atoms with E-state index in [9.17, 15) is 18.4 Å². The van der Waals surface area contributed by atoms with Crippen molar-refractivity contribution in [1.82, 2.24) is 4.90 Å². The van der Waals surface area contributed by atoms with E-state index in [0.29, 0.717) is 11.3 Å². The molecule has 0 heterocycles. The van der Waals surface area contributed by atoms with Crippen LogP contribution in [0.5, 0.6) is 0 Å². The monoisotopic (exact) mass is 333 g/mol. The summed E-state index contributed by atoms with van der Waals surface area (Å²) in [6.45, 7) is -0.113. The fourth-order valence-corrected chi connectivity index (χ4v) is 2.03. The van der Waals surface area contributed by atoms with Crippen LogP contribution in [0, 0.1) is 11.6 Å². The van der Waals surface area contributed by atoms with Crippen LogP contribution in [0.1, 0.15) is 10.4 Å². The fourth-order valence-electron chi connectivity index (χ4n) is 2.03. The van der Waals surface area contributed by atoms with Crippen LogP contribution in [-0.2, 0) is 4.79 Å². The molecule has 0 saturated heterocycles. The average Bonchev–Trinajstić information content (AvgIpc) is 2.51. The summed E-state index contributed by atoms with van der Waals surface area (Å²) in [5.41, 5.74) is 1.11. The van der Waals surface area contributed by atoms with Gasteiger partial charge in [0.2, 0.25) is 5.91 Å². The lowest BCUT2D eigenvalue weighted by Crippen LogP contribution is -2.23. The summed E-state index contributed by atoms with van der Waals surface area (Å²) in [7, 11) is 3.29. The Hall–Kier alpha value is -2.96. The number of halogens is 2. The van der Waals surface area contributed by atoms with Crippen molar-refractivity contribution < 1.29 is 18.4 Å². The molecule has 0 aliphatic rings. The van der Waals surface area contributed by atoms with E-state index in [2.05, 4.69) is 10.6 Å². The first kappa shape index (κ1) is 17.4. The standard InChI is InChI=1S/C17H17F2N3O2/c1-22(2)17(24)11-4-3-5-14(6-11)20-10-16(23)21-15-8-12(18)7-13(19)9-15/h3-9,20H,10H2,1-2H3,(H,21,23). The van der Waals surface area contributed by atoms with Crippen LogP contribution in [0.2, 0.25) is 0 Å². The minimum atomic E-state index is -0.770. The van der Waals surface area contributed by atoms with Gasteiger partial charge in [-0.25, -0.2) is 8.78 Å². The second-order valence-corrected chi connectivity index (χ2v) is 5.34. The predicted molar refractivity (Wildman–Crippen MR) is 87.9 cm³/mol. The molecule has 0 saturated carbocycles. The molecule has 7 heteroatoms. The molecule has 5 nitrogen and oxygen atoms in total. The molecule has 2 amide bonds. The van der Waals surface area contributed by atoms with Crippen LogP contribution >= 0.6 is 0 Å². The van der Waals surface area contributed by atoms with Gasteiger partial charge >= 0.3 is 0 Å². The topological polar surface area (TPSA) is 61.4 Å². The molecule has 2 N–H and O–H groups in total. The molecule has 0 aliphatic carbocycles. The minimum Gasteiger partial charge on any atom is -0.376 e. The molecule has 2 aromatic carbocycles. The van der Waals surface area contributed by atoms with E-state index in [0.717, 1.165) is 18.2 Å². The minimum absolute atomic E-state index is 0.0378. The van der Waals surface area contributed by atoms with Gasteiger partial charge in [-0.15, -0.1) is 0 Å². The third kappa shape index (κ3) is 4.77. The highest BCUT2D eigenvalue weighted by Crippen LogP contribution is 2.14. The van der Waals surface area contributed by atoms with Crippen LogP contribution < -0.4 is 10.6 Å². The van der Waals surface area contributed by atoms with Crippen molar-refractivity contribution in [3.8, 4) is 0 Å². The molecular formula is C17H17F2N3O2. The van der Waals surface area contributed by atoms with Crippen molar-refractivity contribution in [2.24, 2.45) is 0 Å². The zero-order chi connectivity index (χ0) is 17.7. The van der Waals surface area contributed by atoms with Crippen molar-refractivity contribution in [3.63, 3.8) is 0 Å². The number of nitrogens with zero attached hydrogens (tertiary/aromatic N) is 1. The van der Waals surface area contributed by atoms with Gasteiger partial charge in [-0.3, -0.25) is 9.59 Å². The maximum Gasteiger partial charge on any atom is 0.253 e. The number of carbonyl (C=O) groups is 2. The van der Waals surface area contributed by atoms with Crippen LogP contribution in [0.4, 0.5) is 20.2 Å². The van der Waals surface area contributed by atoms with Gasteiger partial charge in [-0.05, 0) is 30.3 Å². The fraction of sp³-hybridized carbons (Fsp3) is 0.176. The lowest BCUT2D eigenvalue weighted by Gasteiger charge is -2.12. The lowest BCUT2D eigenvalue weighted by atomic mass is 10.2. The summed E-state index contributed by atoms with van der Waals surface area (Å²) in [5, 5.41) is 5.25. The summed E-state index contributed by atoms with van der Waals surface area (Å²) in [5.74, 6) is -2.16. The molecule has 0 atom stereocenters. The Morgan fingerprint density at radius 2 is 1.67 bits per heavy atom. The van der Waals surface area contributed by atoms with Gasteiger partial charge in [0, 0.05) is 37.1 Å². The molecule has 24 heavy (non-hydrogen) atoms. The van der Waals surface area contributed by atoms with Crippen molar-refractivity contribution in [3.05, 3.63) is 59.7 Å². The number of hydrogen-bond donors (Lipinski definition) is 2. The first-order chi connectivity index (χ1) is 11.3. The molecular weight excluding hydrogens is 316 g/mol. The average molecular weight is 333 g/mol. The summed E-state index contributed by atoms with van der Waals surface area (Å²) in [6, 6.07) is 9.47. The lowest BCUT2D eigenvalue weighted by molar-refractivity contribution is -0.114. The van der Waals surface area contributed by atoms with Crippen molar-refractivity contribution in [2.75, 3.05) is 31.3 Å². The van der Waals surface area contributed by atoms with Gasteiger partial charge in [0.15, 0.2) is 0 Å². The van der Waals surface area contributed by atoms with Gasteiger partial charge < -0.3 is 15.5 Å². The van der Waals surface area contributed by atoms with Crippen molar-refractivity contribution in [2.45, 2.75) is 0 Å². The molecule has 0 bridgehead atoms. The Bertz CT molecular complexity index is 743.